The third kappa shape index (κ3) is 2.97. The molecule has 0 amide bonds. The Balaban J connectivity index is 2.21. The van der Waals surface area contributed by atoms with Crippen LogP contribution in [0.2, 0.25) is 0 Å². The fourth-order valence-electron chi connectivity index (χ4n) is 3.29. The van der Waals surface area contributed by atoms with E-state index in [9.17, 15) is 39.3 Å². The lowest BCUT2D eigenvalue weighted by Gasteiger charge is -2.37. The molecule has 2 aliphatic carbocycles. The number of hydrogen-bond acceptors (Lipinski definition) is 2. The van der Waals surface area contributed by atoms with Gasteiger partial charge in [-0.25, -0.2) is 8.95 Å². The molecule has 23 heavy (non-hydrogen) atoms. The number of ether oxygens (including phenoxy) is 1. The summed E-state index contributed by atoms with van der Waals surface area (Å²) < 4.78 is 127. The molecule has 0 saturated heterocycles. The van der Waals surface area contributed by atoms with Crippen LogP contribution in [0.4, 0.5) is 35.1 Å². The molecule has 4 unspecified atom stereocenters. The van der Waals surface area contributed by atoms with Crippen molar-refractivity contribution in [1.82, 2.24) is 0 Å². The molecule has 3 nitrogen and oxygen atoms in total. The molecular weight excluding hydrogens is 364 g/mol. The second kappa shape index (κ2) is 5.51. The zero-order valence-electron chi connectivity index (χ0n) is 11.3. The Morgan fingerprint density at radius 3 is 1.87 bits per heavy atom. The minimum absolute atomic E-state index is 0.216. The Morgan fingerprint density at radius 2 is 1.48 bits per heavy atom. The molecule has 2 saturated carbocycles. The third-order valence-corrected chi connectivity index (χ3v) is 5.08. The zero-order chi connectivity index (χ0) is 17.8. The fourth-order valence-corrected chi connectivity index (χ4v) is 3.54. The Bertz CT molecular complexity index is 498. The molecule has 0 aliphatic heterocycles. The van der Waals surface area contributed by atoms with Crippen LogP contribution in [-0.4, -0.2) is 32.2 Å². The molecule has 2 rings (SSSR count). The van der Waals surface area contributed by atoms with Gasteiger partial charge < -0.3 is 4.55 Å². The van der Waals surface area contributed by atoms with E-state index in [0.717, 1.165) is 0 Å². The van der Waals surface area contributed by atoms with Crippen LogP contribution >= 0.6 is 0 Å². The van der Waals surface area contributed by atoms with Gasteiger partial charge in [0.25, 0.3) is 0 Å². The van der Waals surface area contributed by atoms with Crippen LogP contribution in [-0.2, 0) is 15.8 Å². The van der Waals surface area contributed by atoms with Gasteiger partial charge in [-0.1, -0.05) is 6.42 Å². The van der Waals surface area contributed by atoms with Crippen LogP contribution in [0.15, 0.2) is 0 Å². The summed E-state index contributed by atoms with van der Waals surface area (Å²) in [6.07, 6.45) is -11.5. The number of fused-ring (bicyclic) bond motifs is 2. The van der Waals surface area contributed by atoms with E-state index in [1.54, 1.807) is 0 Å². The summed E-state index contributed by atoms with van der Waals surface area (Å²) in [5.41, 5.74) is 0. The monoisotopic (exact) mass is 376 g/mol. The first kappa shape index (κ1) is 18.8. The summed E-state index contributed by atoms with van der Waals surface area (Å²) in [5.74, 6) is -8.15. The molecule has 0 spiro atoms. The van der Waals surface area contributed by atoms with Crippen molar-refractivity contribution in [2.24, 2.45) is 17.8 Å². The van der Waals surface area contributed by atoms with Crippen molar-refractivity contribution >= 4 is 11.1 Å². The predicted molar refractivity (Wildman–Crippen MR) is 60.6 cm³/mol. The highest BCUT2D eigenvalue weighted by Crippen LogP contribution is 2.58. The molecule has 0 aromatic heterocycles. The van der Waals surface area contributed by atoms with Crippen molar-refractivity contribution in [2.45, 2.75) is 49.1 Å². The zero-order valence-corrected chi connectivity index (χ0v) is 12.1. The lowest BCUT2D eigenvalue weighted by atomic mass is 9.83. The molecule has 2 aliphatic rings. The molecule has 2 fully saturated rings. The van der Waals surface area contributed by atoms with E-state index in [1.165, 1.54) is 0 Å². The van der Waals surface area contributed by atoms with E-state index in [-0.39, 0.29) is 25.2 Å². The molecule has 1 N–H and O–H groups in total. The molecule has 12 heteroatoms. The highest BCUT2D eigenvalue weighted by molar-refractivity contribution is 7.80. The van der Waals surface area contributed by atoms with Crippen molar-refractivity contribution in [3.8, 4) is 0 Å². The van der Waals surface area contributed by atoms with Crippen molar-refractivity contribution in [2.75, 3.05) is 0 Å². The van der Waals surface area contributed by atoms with E-state index < -0.39 is 46.3 Å². The summed E-state index contributed by atoms with van der Waals surface area (Å²) in [5, 5.41) is -5.97. The molecule has 0 aromatic carbocycles. The topological polar surface area (TPSA) is 46.5 Å². The molecule has 0 heterocycles. The number of rotatable bonds is 6. The van der Waals surface area contributed by atoms with Crippen LogP contribution in [0.1, 0.15) is 25.7 Å². The molecule has 0 radical (unpaired) electrons. The Labute approximate surface area is 127 Å². The molecule has 2 bridgehead atoms. The third-order valence-electron chi connectivity index (χ3n) is 4.41. The number of alkyl halides is 8. The van der Waals surface area contributed by atoms with Gasteiger partial charge in [0.05, 0.1) is 0 Å². The van der Waals surface area contributed by atoms with Crippen LogP contribution < -0.4 is 0 Å². The quantitative estimate of drug-likeness (QED) is 0.562. The van der Waals surface area contributed by atoms with Gasteiger partial charge in [-0.2, -0.15) is 35.1 Å². The second-order valence-corrected chi connectivity index (χ2v) is 6.82. The normalized spacial score (nSPS) is 30.7. The largest absolute Gasteiger partial charge is 0.439 e. The lowest BCUT2D eigenvalue weighted by molar-refractivity contribution is -0.463. The molecule has 136 valence electrons. The van der Waals surface area contributed by atoms with Crippen molar-refractivity contribution < 1.29 is 48.6 Å². The number of hydrogen-bond donors (Lipinski definition) is 1. The average molecular weight is 376 g/mol. The van der Waals surface area contributed by atoms with Crippen LogP contribution in [0.5, 0.6) is 0 Å². The van der Waals surface area contributed by atoms with Gasteiger partial charge in [-0.3, -0.25) is 0 Å². The Kier molecular flexibility index (Phi) is 4.52. The van der Waals surface area contributed by atoms with Gasteiger partial charge in [0.2, 0.25) is 11.1 Å². The maximum Gasteiger partial charge on any atom is 0.439 e. The SMILES string of the molecule is O=S(O)C(F)(F)C(F)(F)OC(F)(F)C(F)(F)C1CC2CCC1C2. The summed E-state index contributed by atoms with van der Waals surface area (Å²) in [6.45, 7) is 0. The highest BCUT2D eigenvalue weighted by Gasteiger charge is 2.74. The average Bonchev–Trinajstić information content (AvgIpc) is 2.98. The van der Waals surface area contributed by atoms with E-state index in [1.807, 2.05) is 0 Å². The summed E-state index contributed by atoms with van der Waals surface area (Å²) in [7, 11) is 0. The Morgan fingerprint density at radius 1 is 0.913 bits per heavy atom. The van der Waals surface area contributed by atoms with Gasteiger partial charge in [-0.05, 0) is 31.1 Å². The second-order valence-electron chi connectivity index (χ2n) is 5.81. The van der Waals surface area contributed by atoms with Crippen molar-refractivity contribution in [3.05, 3.63) is 0 Å². The molecule has 4 atom stereocenters. The van der Waals surface area contributed by atoms with Crippen LogP contribution in [0.25, 0.3) is 0 Å². The summed E-state index contributed by atoms with van der Waals surface area (Å²) in [4.78, 5) is 0. The minimum Gasteiger partial charge on any atom is -0.301 e. The lowest BCUT2D eigenvalue weighted by Crippen LogP contribution is -2.57. The molecular formula is C11H12F8O3S. The van der Waals surface area contributed by atoms with Crippen LogP contribution in [0, 0.1) is 17.8 Å². The van der Waals surface area contributed by atoms with Crippen molar-refractivity contribution in [3.63, 3.8) is 0 Å². The van der Waals surface area contributed by atoms with Crippen molar-refractivity contribution in [1.29, 1.82) is 0 Å². The van der Waals surface area contributed by atoms with E-state index in [2.05, 4.69) is 4.74 Å². The summed E-state index contributed by atoms with van der Waals surface area (Å²) >= 11 is -4.60. The Hall–Kier alpha value is -0.490. The van der Waals surface area contributed by atoms with Crippen LogP contribution in [0.3, 0.4) is 0 Å². The van der Waals surface area contributed by atoms with Gasteiger partial charge in [-0.15, -0.1) is 0 Å². The van der Waals surface area contributed by atoms with Gasteiger partial charge in [0.15, 0.2) is 0 Å². The van der Waals surface area contributed by atoms with Gasteiger partial charge in [0.1, 0.15) is 0 Å². The van der Waals surface area contributed by atoms with E-state index in [4.69, 9.17) is 4.55 Å². The van der Waals surface area contributed by atoms with E-state index in [0.29, 0.717) is 6.42 Å². The van der Waals surface area contributed by atoms with Gasteiger partial charge >= 0.3 is 23.4 Å². The van der Waals surface area contributed by atoms with E-state index >= 15 is 0 Å². The minimum atomic E-state index is -6.25. The predicted octanol–water partition coefficient (Wildman–Crippen LogP) is 4.07. The molecule has 0 aromatic rings. The summed E-state index contributed by atoms with van der Waals surface area (Å²) in [6, 6.07) is 0. The first-order valence-electron chi connectivity index (χ1n) is 6.54. The maximum atomic E-state index is 13.9. The van der Waals surface area contributed by atoms with Gasteiger partial charge in [0, 0.05) is 5.92 Å². The maximum absolute atomic E-state index is 13.9. The highest BCUT2D eigenvalue weighted by atomic mass is 32.2. The standard InChI is InChI=1S/C11H12F8O3S/c12-8(13,7-4-5-1-2-6(7)3-5)9(14,15)22-10(16,17)11(18,19)23(20)21/h5-7H,1-4H2,(H,20,21). The first-order chi connectivity index (χ1) is 10.2. The fraction of sp³-hybridized carbons (Fsp3) is 1.00. The first-order valence-corrected chi connectivity index (χ1v) is 7.65. The number of halogens is 8. The smallest absolute Gasteiger partial charge is 0.301 e.